The van der Waals surface area contributed by atoms with E-state index in [1.54, 1.807) is 0 Å². The van der Waals surface area contributed by atoms with Gasteiger partial charge in [-0.1, -0.05) is 97.1 Å². The second-order valence-electron chi connectivity index (χ2n) is 7.45. The normalized spacial score (nSPS) is 13.9. The molecule has 0 N–H and O–H groups in total. The molecule has 5 rings (SSSR count). The summed E-state index contributed by atoms with van der Waals surface area (Å²) in [5.74, 6) is 0. The molecule has 0 amide bonds. The van der Waals surface area contributed by atoms with Crippen molar-refractivity contribution < 1.29 is 0 Å². The van der Waals surface area contributed by atoms with E-state index in [2.05, 4.69) is 111 Å². The Morgan fingerprint density at radius 2 is 1.00 bits per heavy atom. The summed E-state index contributed by atoms with van der Waals surface area (Å²) in [4.78, 5) is 0. The largest absolute Gasteiger partial charge is 0.0716 e. The van der Waals surface area contributed by atoms with E-state index in [4.69, 9.17) is 0 Å². The first-order chi connectivity index (χ1) is 13.2. The van der Waals surface area contributed by atoms with Crippen molar-refractivity contribution in [3.05, 3.63) is 130 Å². The van der Waals surface area contributed by atoms with Crippen LogP contribution in [0.2, 0.25) is 0 Å². The third kappa shape index (κ3) is 2.10. The van der Waals surface area contributed by atoms with Crippen LogP contribution in [0.4, 0.5) is 0 Å². The van der Waals surface area contributed by atoms with Gasteiger partial charge in [-0.25, -0.2) is 0 Å². The van der Waals surface area contributed by atoms with Gasteiger partial charge in [0.2, 0.25) is 0 Å². The van der Waals surface area contributed by atoms with Crippen LogP contribution in [0.15, 0.2) is 97.1 Å². The van der Waals surface area contributed by atoms with E-state index in [0.29, 0.717) is 0 Å². The van der Waals surface area contributed by atoms with E-state index in [9.17, 15) is 0 Å². The maximum atomic E-state index is 2.31. The summed E-state index contributed by atoms with van der Waals surface area (Å²) in [6, 6.07) is 35.5. The van der Waals surface area contributed by atoms with Gasteiger partial charge in [0.25, 0.3) is 0 Å². The molecule has 0 fully saturated rings. The lowest BCUT2D eigenvalue weighted by molar-refractivity contribution is 0.759. The molecule has 0 saturated heterocycles. The monoisotopic (exact) mass is 346 g/mol. The van der Waals surface area contributed by atoms with Crippen LogP contribution in [0.3, 0.4) is 0 Å². The topological polar surface area (TPSA) is 0 Å². The zero-order valence-electron chi connectivity index (χ0n) is 15.7. The maximum absolute atomic E-state index is 2.31. The summed E-state index contributed by atoms with van der Waals surface area (Å²) in [6.07, 6.45) is 0. The van der Waals surface area contributed by atoms with Crippen LogP contribution in [0.5, 0.6) is 0 Å². The predicted octanol–water partition coefficient (Wildman–Crippen LogP) is 6.67. The molecule has 1 aliphatic rings. The molecule has 130 valence electrons. The third-order valence-corrected chi connectivity index (χ3v) is 6.17. The number of rotatable bonds is 2. The second-order valence-corrected chi connectivity index (χ2v) is 7.45. The van der Waals surface area contributed by atoms with Crippen molar-refractivity contribution in [1.29, 1.82) is 0 Å². The molecule has 0 atom stereocenters. The second kappa shape index (κ2) is 5.96. The molecule has 0 aromatic heterocycles. The lowest BCUT2D eigenvalue weighted by Crippen LogP contribution is -2.29. The van der Waals surface area contributed by atoms with E-state index in [1.165, 1.54) is 44.5 Å². The Morgan fingerprint density at radius 1 is 0.481 bits per heavy atom. The van der Waals surface area contributed by atoms with E-state index in [-0.39, 0.29) is 5.41 Å². The van der Waals surface area contributed by atoms with Crippen molar-refractivity contribution >= 4 is 0 Å². The molecule has 27 heavy (non-hydrogen) atoms. The summed E-state index contributed by atoms with van der Waals surface area (Å²) < 4.78 is 0. The molecule has 0 nitrogen and oxygen atoms in total. The Balaban J connectivity index is 2.01. The molecule has 4 aromatic rings. The summed E-state index contributed by atoms with van der Waals surface area (Å²) in [7, 11) is 0. The Bertz CT molecular complexity index is 1090. The van der Waals surface area contributed by atoms with Gasteiger partial charge in [0.05, 0.1) is 5.41 Å². The van der Waals surface area contributed by atoms with E-state index < -0.39 is 0 Å². The lowest BCUT2D eigenvalue weighted by Gasteiger charge is -2.35. The lowest BCUT2D eigenvalue weighted by atomic mass is 9.66. The van der Waals surface area contributed by atoms with Gasteiger partial charge in [-0.05, 0) is 58.4 Å². The average Bonchev–Trinajstić information content (AvgIpc) is 3.02. The highest BCUT2D eigenvalue weighted by atomic mass is 14.5. The minimum absolute atomic E-state index is 0.273. The molecule has 0 unspecified atom stereocenters. The zero-order chi connectivity index (χ0) is 18.4. The third-order valence-electron chi connectivity index (χ3n) is 6.17. The fraction of sp³-hybridized carbons (Fsp3) is 0.111. The molecule has 0 radical (unpaired) electrons. The minimum atomic E-state index is -0.273. The van der Waals surface area contributed by atoms with Gasteiger partial charge < -0.3 is 0 Å². The molecule has 0 aliphatic heterocycles. The SMILES string of the molecule is Cc1cccc(C2(c3ccccc3)c3ccccc3-c3ccccc32)c1C. The molecule has 1 aliphatic carbocycles. The summed E-state index contributed by atoms with van der Waals surface area (Å²) >= 11 is 0. The van der Waals surface area contributed by atoms with Crippen molar-refractivity contribution in [1.82, 2.24) is 0 Å². The molecule has 0 heteroatoms. The Labute approximate surface area is 161 Å². The van der Waals surface area contributed by atoms with Crippen molar-refractivity contribution in [2.45, 2.75) is 19.3 Å². The number of aryl methyl sites for hydroxylation is 1. The van der Waals surface area contributed by atoms with Crippen molar-refractivity contribution in [3.63, 3.8) is 0 Å². The predicted molar refractivity (Wildman–Crippen MR) is 113 cm³/mol. The van der Waals surface area contributed by atoms with Crippen LogP contribution in [0.25, 0.3) is 11.1 Å². The van der Waals surface area contributed by atoms with Gasteiger partial charge in [0, 0.05) is 0 Å². The fourth-order valence-corrected chi connectivity index (χ4v) is 4.84. The van der Waals surface area contributed by atoms with E-state index >= 15 is 0 Å². The average molecular weight is 346 g/mol. The first-order valence-corrected chi connectivity index (χ1v) is 9.56. The zero-order valence-corrected chi connectivity index (χ0v) is 15.7. The number of hydrogen-bond donors (Lipinski definition) is 0. The van der Waals surface area contributed by atoms with Crippen molar-refractivity contribution in [2.75, 3.05) is 0 Å². The molecule has 4 aromatic carbocycles. The van der Waals surface area contributed by atoms with Crippen molar-refractivity contribution in [3.8, 4) is 11.1 Å². The van der Waals surface area contributed by atoms with Crippen LogP contribution in [-0.2, 0) is 5.41 Å². The highest BCUT2D eigenvalue weighted by Crippen LogP contribution is 2.56. The Kier molecular flexibility index (Phi) is 3.55. The first kappa shape index (κ1) is 16.1. The van der Waals surface area contributed by atoms with Crippen LogP contribution in [-0.4, -0.2) is 0 Å². The van der Waals surface area contributed by atoms with E-state index in [0.717, 1.165) is 0 Å². The number of fused-ring (bicyclic) bond motifs is 3. The molecule has 0 spiro atoms. The first-order valence-electron chi connectivity index (χ1n) is 9.56. The molecule has 0 saturated carbocycles. The smallest absolute Gasteiger partial charge is 0.0622 e. The molecule has 0 bridgehead atoms. The Hall–Kier alpha value is -3.12. The van der Waals surface area contributed by atoms with Crippen LogP contribution < -0.4 is 0 Å². The highest BCUT2D eigenvalue weighted by Gasteiger charge is 2.46. The molecule has 0 heterocycles. The van der Waals surface area contributed by atoms with Gasteiger partial charge in [0.15, 0.2) is 0 Å². The van der Waals surface area contributed by atoms with Crippen LogP contribution >= 0.6 is 0 Å². The summed E-state index contributed by atoms with van der Waals surface area (Å²) in [6.45, 7) is 4.48. The van der Waals surface area contributed by atoms with Gasteiger partial charge in [0.1, 0.15) is 0 Å². The minimum Gasteiger partial charge on any atom is -0.0622 e. The fourth-order valence-electron chi connectivity index (χ4n) is 4.84. The summed E-state index contributed by atoms with van der Waals surface area (Å²) in [5, 5.41) is 0. The number of hydrogen-bond acceptors (Lipinski definition) is 0. The molecular formula is C27H22. The van der Waals surface area contributed by atoms with Gasteiger partial charge in [-0.2, -0.15) is 0 Å². The van der Waals surface area contributed by atoms with Gasteiger partial charge >= 0.3 is 0 Å². The van der Waals surface area contributed by atoms with E-state index in [1.807, 2.05) is 0 Å². The summed E-state index contributed by atoms with van der Waals surface area (Å²) in [5.41, 5.74) is 10.6. The standard InChI is InChI=1S/C27H22/c1-19-11-10-18-24(20(19)2)27(21-12-4-3-5-13-21)25-16-8-6-14-22(25)23-15-7-9-17-26(23)27/h3-18H,1-2H3. The van der Waals surface area contributed by atoms with Gasteiger partial charge in [-0.3, -0.25) is 0 Å². The Morgan fingerprint density at radius 3 is 1.63 bits per heavy atom. The molecular weight excluding hydrogens is 324 g/mol. The van der Waals surface area contributed by atoms with Crippen molar-refractivity contribution in [2.24, 2.45) is 0 Å². The highest BCUT2D eigenvalue weighted by molar-refractivity contribution is 5.86. The number of benzene rings is 4. The van der Waals surface area contributed by atoms with Crippen LogP contribution in [0.1, 0.15) is 33.4 Å². The van der Waals surface area contributed by atoms with Gasteiger partial charge in [-0.15, -0.1) is 0 Å². The maximum Gasteiger partial charge on any atom is 0.0716 e. The van der Waals surface area contributed by atoms with Crippen LogP contribution in [0, 0.1) is 13.8 Å². The quantitative estimate of drug-likeness (QED) is 0.335.